The lowest BCUT2D eigenvalue weighted by Gasteiger charge is -2.25. The Hall–Kier alpha value is -4.32. The number of carbonyl (C=O) groups excluding carboxylic acids is 1. The molecule has 2 aromatic carbocycles. The summed E-state index contributed by atoms with van der Waals surface area (Å²) in [6.45, 7) is 1.96. The standard InChI is InChI=1S/C28H22ClN3O7S/c1-16-24(27(34)38-14-13-37-2)25(20-5-3-4-6-21(20)29)31-26(33)23(40-28(31)30-16)15-19-11-12-22(39-19)17-7-9-18(10-8-17)32(35)36/h3-12,15,25H,13-14H2,1-2H3/b23-15-/t25-/m0/s1. The molecule has 0 saturated heterocycles. The fourth-order valence-corrected chi connectivity index (χ4v) is 5.60. The summed E-state index contributed by atoms with van der Waals surface area (Å²) in [6, 6.07) is 15.5. The highest BCUT2D eigenvalue weighted by molar-refractivity contribution is 7.07. The molecule has 0 radical (unpaired) electrons. The molecule has 0 bridgehead atoms. The number of methoxy groups -OCH3 is 1. The number of halogens is 1. The third-order valence-electron chi connectivity index (χ3n) is 6.22. The van der Waals surface area contributed by atoms with Crippen LogP contribution in [0.15, 0.2) is 86.1 Å². The number of thiazole rings is 1. The molecule has 12 heteroatoms. The van der Waals surface area contributed by atoms with Crippen LogP contribution in [-0.4, -0.2) is 35.8 Å². The minimum absolute atomic E-state index is 0.0260. The maximum atomic E-state index is 13.8. The summed E-state index contributed by atoms with van der Waals surface area (Å²) in [7, 11) is 1.50. The van der Waals surface area contributed by atoms with Crippen molar-refractivity contribution in [3.63, 3.8) is 0 Å². The Morgan fingerprint density at radius 1 is 1.18 bits per heavy atom. The summed E-state index contributed by atoms with van der Waals surface area (Å²) >= 11 is 7.70. The van der Waals surface area contributed by atoms with Crippen LogP contribution in [-0.2, 0) is 14.3 Å². The van der Waals surface area contributed by atoms with Gasteiger partial charge in [-0.15, -0.1) is 0 Å². The fourth-order valence-electron chi connectivity index (χ4n) is 4.33. The zero-order valence-corrected chi connectivity index (χ0v) is 22.9. The summed E-state index contributed by atoms with van der Waals surface area (Å²) in [5, 5.41) is 11.3. The Morgan fingerprint density at radius 3 is 2.62 bits per heavy atom. The molecular weight excluding hydrogens is 558 g/mol. The van der Waals surface area contributed by atoms with Crippen molar-refractivity contribution in [3.8, 4) is 11.3 Å². The van der Waals surface area contributed by atoms with Gasteiger partial charge in [0.15, 0.2) is 4.80 Å². The number of aromatic nitrogens is 1. The van der Waals surface area contributed by atoms with Crippen LogP contribution in [0.2, 0.25) is 5.02 Å². The Morgan fingerprint density at radius 2 is 1.93 bits per heavy atom. The van der Waals surface area contributed by atoms with Crippen molar-refractivity contribution in [2.75, 3.05) is 20.3 Å². The van der Waals surface area contributed by atoms with Crippen LogP contribution in [0.1, 0.15) is 24.3 Å². The second-order valence-corrected chi connectivity index (χ2v) is 10.2. The first-order valence-electron chi connectivity index (χ1n) is 12.1. The highest BCUT2D eigenvalue weighted by Crippen LogP contribution is 2.34. The van der Waals surface area contributed by atoms with Gasteiger partial charge in [-0.3, -0.25) is 19.5 Å². The lowest BCUT2D eigenvalue weighted by molar-refractivity contribution is -0.384. The summed E-state index contributed by atoms with van der Waals surface area (Å²) in [5.41, 5.74) is 1.43. The number of nitro benzene ring substituents is 1. The molecule has 4 aromatic rings. The molecule has 2 aromatic heterocycles. The van der Waals surface area contributed by atoms with E-state index in [1.165, 1.54) is 23.8 Å². The van der Waals surface area contributed by atoms with Crippen LogP contribution in [0.3, 0.4) is 0 Å². The van der Waals surface area contributed by atoms with E-state index in [0.717, 1.165) is 11.3 Å². The van der Waals surface area contributed by atoms with Gasteiger partial charge in [0, 0.05) is 35.9 Å². The molecule has 0 saturated carbocycles. The van der Waals surface area contributed by atoms with Crippen LogP contribution < -0.4 is 14.9 Å². The number of hydrogen-bond acceptors (Lipinski definition) is 9. The number of rotatable bonds is 8. The molecule has 0 amide bonds. The van der Waals surface area contributed by atoms with Crippen molar-refractivity contribution in [1.82, 2.24) is 4.57 Å². The zero-order chi connectivity index (χ0) is 28.4. The van der Waals surface area contributed by atoms with Crippen LogP contribution in [0.5, 0.6) is 0 Å². The first-order valence-corrected chi connectivity index (χ1v) is 13.3. The number of nitrogens with zero attached hydrogens (tertiary/aromatic N) is 3. The summed E-state index contributed by atoms with van der Waals surface area (Å²) in [4.78, 5) is 42.4. The molecule has 1 atom stereocenters. The average Bonchev–Trinajstić information content (AvgIpc) is 3.52. The molecule has 0 unspecified atom stereocenters. The van der Waals surface area contributed by atoms with Gasteiger partial charge in [0.2, 0.25) is 0 Å². The number of benzene rings is 2. The minimum Gasteiger partial charge on any atom is -0.460 e. The maximum absolute atomic E-state index is 13.8. The topological polar surface area (TPSA) is 126 Å². The fraction of sp³-hybridized carbons (Fsp3) is 0.179. The maximum Gasteiger partial charge on any atom is 0.338 e. The second-order valence-electron chi connectivity index (χ2n) is 8.74. The van der Waals surface area contributed by atoms with Crippen molar-refractivity contribution in [1.29, 1.82) is 0 Å². The molecule has 0 N–H and O–H groups in total. The predicted molar refractivity (Wildman–Crippen MR) is 149 cm³/mol. The number of hydrogen-bond donors (Lipinski definition) is 0. The van der Waals surface area contributed by atoms with E-state index in [2.05, 4.69) is 4.99 Å². The van der Waals surface area contributed by atoms with E-state index >= 15 is 0 Å². The van der Waals surface area contributed by atoms with Crippen molar-refractivity contribution in [2.24, 2.45) is 4.99 Å². The Kier molecular flexibility index (Phi) is 7.78. The van der Waals surface area contributed by atoms with Gasteiger partial charge in [0.1, 0.15) is 24.2 Å². The monoisotopic (exact) mass is 579 g/mol. The third kappa shape index (κ3) is 5.26. The molecule has 40 heavy (non-hydrogen) atoms. The van der Waals surface area contributed by atoms with Gasteiger partial charge in [0.25, 0.3) is 11.2 Å². The van der Waals surface area contributed by atoms with Crippen LogP contribution in [0.25, 0.3) is 17.4 Å². The molecule has 204 valence electrons. The largest absolute Gasteiger partial charge is 0.460 e. The first-order chi connectivity index (χ1) is 19.3. The van der Waals surface area contributed by atoms with E-state index in [-0.39, 0.29) is 30.0 Å². The second kappa shape index (κ2) is 11.4. The van der Waals surface area contributed by atoms with Crippen molar-refractivity contribution < 1.29 is 23.6 Å². The Bertz CT molecular complexity index is 1820. The number of nitro groups is 1. The summed E-state index contributed by atoms with van der Waals surface area (Å²) in [6.07, 6.45) is 1.60. The molecule has 1 aliphatic heterocycles. The van der Waals surface area contributed by atoms with E-state index in [1.54, 1.807) is 61.5 Å². The Labute approximate surface area is 236 Å². The van der Waals surface area contributed by atoms with Gasteiger partial charge in [-0.2, -0.15) is 0 Å². The van der Waals surface area contributed by atoms with Gasteiger partial charge >= 0.3 is 5.97 Å². The number of allylic oxidation sites excluding steroid dienone is 1. The molecule has 0 aliphatic carbocycles. The number of furan rings is 1. The summed E-state index contributed by atoms with van der Waals surface area (Å²) in [5.74, 6) is 0.277. The van der Waals surface area contributed by atoms with E-state index < -0.39 is 16.9 Å². The van der Waals surface area contributed by atoms with Gasteiger partial charge in [0.05, 0.1) is 27.3 Å². The Balaban J connectivity index is 1.58. The molecule has 0 fully saturated rings. The summed E-state index contributed by atoms with van der Waals surface area (Å²) < 4.78 is 18.1. The van der Waals surface area contributed by atoms with Gasteiger partial charge < -0.3 is 13.9 Å². The first kappa shape index (κ1) is 27.3. The zero-order valence-electron chi connectivity index (χ0n) is 21.3. The van der Waals surface area contributed by atoms with E-state index in [0.29, 0.717) is 42.7 Å². The lowest BCUT2D eigenvalue weighted by Crippen LogP contribution is -2.40. The van der Waals surface area contributed by atoms with Crippen molar-refractivity contribution in [2.45, 2.75) is 13.0 Å². The van der Waals surface area contributed by atoms with Gasteiger partial charge in [-0.25, -0.2) is 9.79 Å². The molecular formula is C28H22ClN3O7S. The van der Waals surface area contributed by atoms with Crippen LogP contribution >= 0.6 is 22.9 Å². The minimum atomic E-state index is -0.852. The molecule has 5 rings (SSSR count). The highest BCUT2D eigenvalue weighted by Gasteiger charge is 2.34. The highest BCUT2D eigenvalue weighted by atomic mass is 35.5. The SMILES string of the molecule is COCCOC(=O)C1=C(C)N=c2s/c(=C\c3ccc(-c4ccc([N+](=O)[O-])cc4)o3)c(=O)n2[C@H]1c1ccccc1Cl. The molecule has 3 heterocycles. The third-order valence-corrected chi connectivity index (χ3v) is 7.55. The number of fused-ring (bicyclic) bond motifs is 1. The lowest BCUT2D eigenvalue weighted by atomic mass is 9.96. The smallest absolute Gasteiger partial charge is 0.338 e. The average molecular weight is 580 g/mol. The predicted octanol–water partition coefficient (Wildman–Crippen LogP) is 4.25. The number of carbonyl (C=O) groups is 1. The number of esters is 1. The number of non-ortho nitro benzene ring substituents is 1. The van der Waals surface area contributed by atoms with E-state index in [9.17, 15) is 19.7 Å². The molecule has 10 nitrogen and oxygen atoms in total. The number of ether oxygens (including phenoxy) is 2. The van der Waals surface area contributed by atoms with Crippen molar-refractivity contribution in [3.05, 3.63) is 118 Å². The molecule has 1 aliphatic rings. The van der Waals surface area contributed by atoms with Crippen molar-refractivity contribution >= 4 is 40.7 Å². The van der Waals surface area contributed by atoms with E-state index in [1.807, 2.05) is 0 Å². The molecule has 0 spiro atoms. The van der Waals surface area contributed by atoms with Gasteiger partial charge in [-0.1, -0.05) is 41.1 Å². The van der Waals surface area contributed by atoms with Crippen LogP contribution in [0, 0.1) is 10.1 Å². The van der Waals surface area contributed by atoms with Gasteiger partial charge in [-0.05, 0) is 42.8 Å². The van der Waals surface area contributed by atoms with E-state index in [4.69, 9.17) is 25.5 Å². The van der Waals surface area contributed by atoms with Crippen LogP contribution in [0.4, 0.5) is 5.69 Å². The normalized spacial score (nSPS) is 15.1. The quantitative estimate of drug-likeness (QED) is 0.132.